The van der Waals surface area contributed by atoms with E-state index in [0.717, 1.165) is 47.2 Å². The van der Waals surface area contributed by atoms with Gasteiger partial charge >= 0.3 is 12.1 Å². The summed E-state index contributed by atoms with van der Waals surface area (Å²) in [5.74, 6) is -0.219. The van der Waals surface area contributed by atoms with E-state index < -0.39 is 11.6 Å². The number of hydrogen-bond donors (Lipinski definition) is 1. The molecule has 0 radical (unpaired) electrons. The SMILES string of the molecule is O=C(O)c1ccc(N2CC3(CCN(Cc4cc(C5CC5)c(CI)cc4CI)CC3)OC2=O)cc1. The largest absolute Gasteiger partial charge is 0.478 e. The van der Waals surface area contributed by atoms with E-state index in [9.17, 15) is 9.59 Å². The Morgan fingerprint density at radius 1 is 1.03 bits per heavy atom. The smallest absolute Gasteiger partial charge is 0.415 e. The van der Waals surface area contributed by atoms with Crippen LogP contribution in [0.4, 0.5) is 10.5 Å². The van der Waals surface area contributed by atoms with Gasteiger partial charge < -0.3 is 9.84 Å². The van der Waals surface area contributed by atoms with Crippen LogP contribution < -0.4 is 4.90 Å². The van der Waals surface area contributed by atoms with Crippen molar-refractivity contribution in [3.05, 3.63) is 64.2 Å². The fraction of sp³-hybridized carbons (Fsp3) is 0.462. The fourth-order valence-electron chi connectivity index (χ4n) is 5.15. The van der Waals surface area contributed by atoms with E-state index in [1.54, 1.807) is 22.6 Å². The van der Waals surface area contributed by atoms with Gasteiger partial charge in [0.05, 0.1) is 12.1 Å². The molecule has 0 bridgehead atoms. The molecule has 6 nitrogen and oxygen atoms in total. The van der Waals surface area contributed by atoms with Gasteiger partial charge in [-0.05, 0) is 65.3 Å². The molecule has 2 aliphatic heterocycles. The first-order chi connectivity index (χ1) is 16.4. The average Bonchev–Trinajstić information content (AvgIpc) is 3.64. The third-order valence-electron chi connectivity index (χ3n) is 7.32. The van der Waals surface area contributed by atoms with Crippen LogP contribution in [0.5, 0.6) is 0 Å². The van der Waals surface area contributed by atoms with Gasteiger partial charge in [-0.3, -0.25) is 9.80 Å². The van der Waals surface area contributed by atoms with Crippen molar-refractivity contribution in [3.8, 4) is 0 Å². The zero-order valence-corrected chi connectivity index (χ0v) is 23.2. The second kappa shape index (κ2) is 9.93. The van der Waals surface area contributed by atoms with E-state index in [1.165, 1.54) is 41.7 Å². The number of piperidine rings is 1. The Morgan fingerprint density at radius 3 is 2.29 bits per heavy atom. The zero-order chi connectivity index (χ0) is 23.9. The molecule has 180 valence electrons. The van der Waals surface area contributed by atoms with Crippen LogP contribution >= 0.6 is 45.2 Å². The molecule has 0 atom stereocenters. The minimum atomic E-state index is -0.974. The number of likely N-dealkylation sites (tertiary alicyclic amines) is 1. The number of carboxylic acid groups (broad SMARTS) is 1. The molecular weight excluding hydrogens is 658 g/mol. The predicted molar refractivity (Wildman–Crippen MR) is 148 cm³/mol. The Labute approximate surface area is 227 Å². The Morgan fingerprint density at radius 2 is 1.71 bits per heavy atom. The van der Waals surface area contributed by atoms with Crippen molar-refractivity contribution in [2.24, 2.45) is 0 Å². The number of carbonyl (C=O) groups is 2. The summed E-state index contributed by atoms with van der Waals surface area (Å²) in [5, 5.41) is 9.12. The number of nitrogens with zero attached hydrogens (tertiary/aromatic N) is 2. The Balaban J connectivity index is 1.25. The minimum Gasteiger partial charge on any atom is -0.478 e. The molecule has 0 unspecified atom stereocenters. The molecule has 0 aromatic heterocycles. The molecule has 1 spiro atoms. The van der Waals surface area contributed by atoms with Gasteiger partial charge in [0.2, 0.25) is 0 Å². The highest BCUT2D eigenvalue weighted by Gasteiger charge is 2.47. The van der Waals surface area contributed by atoms with Crippen molar-refractivity contribution in [2.45, 2.75) is 52.6 Å². The molecule has 5 rings (SSSR count). The summed E-state index contributed by atoms with van der Waals surface area (Å²) in [6.45, 7) is 3.25. The first-order valence-electron chi connectivity index (χ1n) is 11.7. The number of benzene rings is 2. The second-order valence-corrected chi connectivity index (χ2v) is 11.2. The van der Waals surface area contributed by atoms with Gasteiger partial charge in [0, 0.05) is 47.0 Å². The topological polar surface area (TPSA) is 70.1 Å². The minimum absolute atomic E-state index is 0.210. The molecule has 2 aromatic rings. The maximum atomic E-state index is 12.7. The number of hydrogen-bond acceptors (Lipinski definition) is 4. The zero-order valence-electron chi connectivity index (χ0n) is 18.9. The van der Waals surface area contributed by atoms with Crippen LogP contribution in [-0.4, -0.2) is 47.3 Å². The lowest BCUT2D eigenvalue weighted by Crippen LogP contribution is -2.46. The normalized spacial score (nSPS) is 20.1. The van der Waals surface area contributed by atoms with Crippen LogP contribution in [-0.2, 0) is 20.1 Å². The summed E-state index contributed by atoms with van der Waals surface area (Å²) in [5.41, 5.74) is 6.39. The van der Waals surface area contributed by atoms with Gasteiger partial charge in [-0.1, -0.05) is 57.3 Å². The molecule has 1 N–H and O–H groups in total. The predicted octanol–water partition coefficient (Wildman–Crippen LogP) is 6.12. The summed E-state index contributed by atoms with van der Waals surface area (Å²) in [6.07, 6.45) is 3.92. The van der Waals surface area contributed by atoms with Gasteiger partial charge in [-0.2, -0.15) is 0 Å². The first-order valence-corrected chi connectivity index (χ1v) is 14.8. The van der Waals surface area contributed by atoms with E-state index in [2.05, 4.69) is 62.2 Å². The summed E-state index contributed by atoms with van der Waals surface area (Å²) in [6, 6.07) is 11.3. The van der Waals surface area contributed by atoms with E-state index in [-0.39, 0.29) is 11.7 Å². The highest BCUT2D eigenvalue weighted by Crippen LogP contribution is 2.43. The number of aromatic carboxylic acids is 1. The molecule has 2 aromatic carbocycles. The second-order valence-electron chi connectivity index (χ2n) is 9.63. The Hall–Kier alpha value is -1.40. The summed E-state index contributed by atoms with van der Waals surface area (Å²) in [4.78, 5) is 27.9. The van der Waals surface area contributed by atoms with Crippen molar-refractivity contribution >= 4 is 62.9 Å². The molecule has 1 saturated carbocycles. The number of rotatable bonds is 7. The molecule has 34 heavy (non-hydrogen) atoms. The molecule has 2 saturated heterocycles. The van der Waals surface area contributed by atoms with Gasteiger partial charge in [0.25, 0.3) is 0 Å². The van der Waals surface area contributed by atoms with Crippen LogP contribution in [0, 0.1) is 0 Å². The number of alkyl halides is 2. The van der Waals surface area contributed by atoms with Gasteiger partial charge in [-0.15, -0.1) is 0 Å². The van der Waals surface area contributed by atoms with Crippen molar-refractivity contribution in [3.63, 3.8) is 0 Å². The van der Waals surface area contributed by atoms with Crippen molar-refractivity contribution in [1.82, 2.24) is 4.90 Å². The van der Waals surface area contributed by atoms with Crippen LogP contribution in [0.15, 0.2) is 36.4 Å². The maximum absolute atomic E-state index is 12.7. The monoisotopic (exact) mass is 686 g/mol. The highest BCUT2D eigenvalue weighted by molar-refractivity contribution is 14.1. The van der Waals surface area contributed by atoms with E-state index >= 15 is 0 Å². The van der Waals surface area contributed by atoms with Crippen LogP contribution in [0.1, 0.15) is 64.2 Å². The van der Waals surface area contributed by atoms with Crippen molar-refractivity contribution < 1.29 is 19.4 Å². The fourth-order valence-corrected chi connectivity index (χ4v) is 6.52. The number of halogens is 2. The first kappa shape index (κ1) is 24.3. The van der Waals surface area contributed by atoms with Crippen molar-refractivity contribution in [1.29, 1.82) is 0 Å². The van der Waals surface area contributed by atoms with Crippen LogP contribution in [0.2, 0.25) is 0 Å². The molecule has 2 heterocycles. The quantitative estimate of drug-likeness (QED) is 0.281. The van der Waals surface area contributed by atoms with Gasteiger partial charge in [0.1, 0.15) is 5.60 Å². The number of amides is 1. The van der Waals surface area contributed by atoms with Gasteiger partial charge in [0.15, 0.2) is 0 Å². The van der Waals surface area contributed by atoms with Crippen LogP contribution in [0.3, 0.4) is 0 Å². The molecule has 3 aliphatic rings. The third-order valence-corrected chi connectivity index (χ3v) is 8.97. The standard InChI is InChI=1S/C26H28I2N2O4/c27-13-19-11-20(14-28)23(17-1-2-17)12-21(19)15-29-9-7-26(8-10-29)16-30(25(33)34-26)22-5-3-18(4-6-22)24(31)32/h3-6,11-12,17H,1-2,7-10,13-16H2,(H,31,32). The van der Waals surface area contributed by atoms with E-state index in [4.69, 9.17) is 9.84 Å². The van der Waals surface area contributed by atoms with Crippen molar-refractivity contribution in [2.75, 3.05) is 24.5 Å². The molecule has 1 amide bonds. The molecular formula is C26H28I2N2O4. The van der Waals surface area contributed by atoms with Gasteiger partial charge in [-0.25, -0.2) is 9.59 Å². The molecule has 8 heteroatoms. The Kier molecular flexibility index (Phi) is 7.09. The summed E-state index contributed by atoms with van der Waals surface area (Å²) in [7, 11) is 0. The summed E-state index contributed by atoms with van der Waals surface area (Å²) >= 11 is 4.96. The molecule has 3 fully saturated rings. The van der Waals surface area contributed by atoms with Crippen LogP contribution in [0.25, 0.3) is 0 Å². The lowest BCUT2D eigenvalue weighted by molar-refractivity contribution is -0.00101. The highest BCUT2D eigenvalue weighted by atomic mass is 127. The lowest BCUT2D eigenvalue weighted by atomic mass is 9.90. The lowest BCUT2D eigenvalue weighted by Gasteiger charge is -2.37. The summed E-state index contributed by atoms with van der Waals surface area (Å²) < 4.78 is 8.00. The number of anilines is 1. The average molecular weight is 686 g/mol. The number of carboxylic acids is 1. The van der Waals surface area contributed by atoms with E-state index in [0.29, 0.717) is 12.2 Å². The maximum Gasteiger partial charge on any atom is 0.415 e. The third kappa shape index (κ3) is 4.95. The van der Waals surface area contributed by atoms with E-state index in [1.807, 2.05) is 0 Å². The number of ether oxygens (including phenoxy) is 1. The Bertz CT molecular complexity index is 1090. The molecule has 1 aliphatic carbocycles. The number of carbonyl (C=O) groups excluding carboxylic acids is 1.